The molecular weight excluding hydrogens is 558 g/mol. The highest BCUT2D eigenvalue weighted by Crippen LogP contribution is 2.60. The van der Waals surface area contributed by atoms with Crippen LogP contribution in [0.4, 0.5) is 0 Å². The summed E-state index contributed by atoms with van der Waals surface area (Å²) in [5.41, 5.74) is 13.6. The van der Waals surface area contributed by atoms with E-state index in [1.165, 1.54) is 71.1 Å². The summed E-state index contributed by atoms with van der Waals surface area (Å²) < 4.78 is 0. The molecule has 46 heavy (non-hydrogen) atoms. The molecule has 0 aliphatic heterocycles. The van der Waals surface area contributed by atoms with Crippen molar-refractivity contribution in [3.63, 3.8) is 0 Å². The molecule has 1 atom stereocenters. The SMILES string of the molecule is C=C(NC(C)c1ccc(C(=C2CC3(CCC3)C2)c2ccc(C)cc2)cc1)c1cccc(/C(=C/CCC(=O)C2(CC)CC2)CCC)c1. The first-order chi connectivity index (χ1) is 22.2. The minimum absolute atomic E-state index is 0.00918. The van der Waals surface area contributed by atoms with E-state index in [4.69, 9.17) is 0 Å². The summed E-state index contributed by atoms with van der Waals surface area (Å²) >= 11 is 0. The largest absolute Gasteiger partial charge is 0.379 e. The summed E-state index contributed by atoms with van der Waals surface area (Å²) in [5.74, 6) is 0.462. The third-order valence-electron chi connectivity index (χ3n) is 11.4. The van der Waals surface area contributed by atoms with Gasteiger partial charge < -0.3 is 5.32 Å². The van der Waals surface area contributed by atoms with Crippen LogP contribution < -0.4 is 5.32 Å². The number of allylic oxidation sites excluding steroid dienone is 3. The molecule has 0 aromatic heterocycles. The lowest BCUT2D eigenvalue weighted by atomic mass is 9.53. The molecule has 3 fully saturated rings. The third-order valence-corrected chi connectivity index (χ3v) is 11.4. The molecule has 3 aromatic carbocycles. The Hall–Kier alpha value is -3.65. The van der Waals surface area contributed by atoms with E-state index in [1.807, 2.05) is 0 Å². The fraction of sp³-hybridized carbons (Fsp3) is 0.432. The van der Waals surface area contributed by atoms with Crippen molar-refractivity contribution in [2.24, 2.45) is 10.8 Å². The van der Waals surface area contributed by atoms with Crippen LogP contribution in [-0.2, 0) is 4.79 Å². The lowest BCUT2D eigenvalue weighted by Gasteiger charge is -2.52. The zero-order valence-corrected chi connectivity index (χ0v) is 28.7. The van der Waals surface area contributed by atoms with E-state index < -0.39 is 0 Å². The Balaban J connectivity index is 1.13. The Morgan fingerprint density at radius 1 is 0.870 bits per heavy atom. The Labute approximate surface area is 278 Å². The standard InChI is InChI=1S/C44H53NO/c1-6-11-35(12-9-15-41(46)44(7-2)26-27-44)39-14-8-13-38(28-39)33(5)45-32(4)34-20-22-37(23-21-34)42(36-18-16-31(3)17-19-36)40-29-43(30-40)24-10-25-43/h8,12-14,16-23,28,32,45H,5-7,9-11,15,24-27,29-30H2,1-4H3/b35-12+. The van der Waals surface area contributed by atoms with Crippen LogP contribution in [0.15, 0.2) is 91.0 Å². The van der Waals surface area contributed by atoms with Crippen molar-refractivity contribution in [3.8, 4) is 0 Å². The molecule has 6 rings (SSSR count). The van der Waals surface area contributed by atoms with Crippen LogP contribution in [-0.4, -0.2) is 5.78 Å². The van der Waals surface area contributed by atoms with Gasteiger partial charge in [0.2, 0.25) is 0 Å². The van der Waals surface area contributed by atoms with E-state index in [2.05, 4.69) is 118 Å². The van der Waals surface area contributed by atoms with Crippen molar-refractivity contribution < 1.29 is 4.79 Å². The normalized spacial score (nSPS) is 18.3. The maximum atomic E-state index is 12.8. The van der Waals surface area contributed by atoms with Crippen LogP contribution in [0.1, 0.15) is 137 Å². The van der Waals surface area contributed by atoms with Crippen molar-refractivity contribution in [1.82, 2.24) is 5.32 Å². The molecule has 1 N–H and O–H groups in total. The van der Waals surface area contributed by atoms with E-state index in [9.17, 15) is 4.79 Å². The Morgan fingerprint density at radius 2 is 1.52 bits per heavy atom. The van der Waals surface area contributed by atoms with Crippen LogP contribution in [0.25, 0.3) is 16.8 Å². The number of carbonyl (C=O) groups is 1. The average molecular weight is 612 g/mol. The smallest absolute Gasteiger partial charge is 0.139 e. The number of aryl methyl sites for hydroxylation is 1. The van der Waals surface area contributed by atoms with Gasteiger partial charge in [0.25, 0.3) is 0 Å². The molecule has 3 aliphatic carbocycles. The fourth-order valence-electron chi connectivity index (χ4n) is 7.89. The number of carbonyl (C=O) groups excluding carboxylic acids is 1. The van der Waals surface area contributed by atoms with Crippen molar-refractivity contribution in [3.05, 3.63) is 124 Å². The molecule has 1 unspecified atom stereocenters. The van der Waals surface area contributed by atoms with E-state index in [0.717, 1.165) is 49.8 Å². The topological polar surface area (TPSA) is 29.1 Å². The van der Waals surface area contributed by atoms with Crippen molar-refractivity contribution in [1.29, 1.82) is 0 Å². The maximum absolute atomic E-state index is 12.8. The highest BCUT2D eigenvalue weighted by atomic mass is 16.1. The van der Waals surface area contributed by atoms with Gasteiger partial charge >= 0.3 is 0 Å². The van der Waals surface area contributed by atoms with E-state index in [-0.39, 0.29) is 11.5 Å². The molecule has 0 heterocycles. The number of hydrogen-bond donors (Lipinski definition) is 1. The number of Topliss-reactive ketones (excluding diaryl/α,β-unsaturated/α-hetero) is 1. The van der Waals surface area contributed by atoms with Gasteiger partial charge in [0.1, 0.15) is 5.78 Å². The lowest BCUT2D eigenvalue weighted by molar-refractivity contribution is -0.124. The second kappa shape index (κ2) is 13.6. The molecule has 3 saturated carbocycles. The highest BCUT2D eigenvalue weighted by molar-refractivity contribution is 5.87. The van der Waals surface area contributed by atoms with Gasteiger partial charge in [0.05, 0.1) is 0 Å². The molecule has 1 spiro atoms. The minimum Gasteiger partial charge on any atom is -0.379 e. The van der Waals surface area contributed by atoms with Gasteiger partial charge in [0, 0.05) is 23.6 Å². The molecule has 3 aromatic rings. The summed E-state index contributed by atoms with van der Waals surface area (Å²) in [5, 5.41) is 3.69. The van der Waals surface area contributed by atoms with Crippen LogP contribution in [0, 0.1) is 17.8 Å². The average Bonchev–Trinajstić information content (AvgIpc) is 3.83. The third kappa shape index (κ3) is 6.87. The number of ketones is 1. The summed E-state index contributed by atoms with van der Waals surface area (Å²) in [6, 6.07) is 27.2. The lowest BCUT2D eigenvalue weighted by Crippen LogP contribution is -2.38. The first kappa shape index (κ1) is 32.3. The van der Waals surface area contributed by atoms with Crippen molar-refractivity contribution >= 4 is 22.6 Å². The molecule has 0 radical (unpaired) electrons. The second-order valence-electron chi connectivity index (χ2n) is 14.7. The van der Waals surface area contributed by atoms with Gasteiger partial charge in [-0.1, -0.05) is 117 Å². The summed E-state index contributed by atoms with van der Waals surface area (Å²) in [7, 11) is 0. The zero-order valence-electron chi connectivity index (χ0n) is 28.7. The first-order valence-corrected chi connectivity index (χ1v) is 17.9. The predicted octanol–water partition coefficient (Wildman–Crippen LogP) is 11.8. The molecule has 0 amide bonds. The van der Waals surface area contributed by atoms with Gasteiger partial charge in [-0.05, 0) is 122 Å². The van der Waals surface area contributed by atoms with Gasteiger partial charge in [-0.25, -0.2) is 0 Å². The molecule has 240 valence electrons. The van der Waals surface area contributed by atoms with Crippen LogP contribution in [0.5, 0.6) is 0 Å². The number of rotatable bonds is 14. The minimum atomic E-state index is 0.00918. The van der Waals surface area contributed by atoms with E-state index in [0.29, 0.717) is 17.6 Å². The van der Waals surface area contributed by atoms with Gasteiger partial charge in [-0.3, -0.25) is 4.79 Å². The maximum Gasteiger partial charge on any atom is 0.139 e. The first-order valence-electron chi connectivity index (χ1n) is 17.9. The summed E-state index contributed by atoms with van der Waals surface area (Å²) in [6.45, 7) is 13.2. The van der Waals surface area contributed by atoms with E-state index in [1.54, 1.807) is 5.57 Å². The van der Waals surface area contributed by atoms with E-state index >= 15 is 0 Å². The van der Waals surface area contributed by atoms with Gasteiger partial charge in [-0.2, -0.15) is 0 Å². The van der Waals surface area contributed by atoms with Crippen LogP contribution in [0.3, 0.4) is 0 Å². The van der Waals surface area contributed by atoms with Gasteiger partial charge in [0.15, 0.2) is 0 Å². The zero-order chi connectivity index (χ0) is 32.3. The summed E-state index contributed by atoms with van der Waals surface area (Å²) in [6.07, 6.45) is 15.8. The number of benzene rings is 3. The van der Waals surface area contributed by atoms with Crippen molar-refractivity contribution in [2.45, 2.75) is 111 Å². The molecular formula is C44H53NO. The monoisotopic (exact) mass is 611 g/mol. The van der Waals surface area contributed by atoms with Crippen LogP contribution in [0.2, 0.25) is 0 Å². The molecule has 0 bridgehead atoms. The quantitative estimate of drug-likeness (QED) is 0.196. The molecule has 2 nitrogen and oxygen atoms in total. The fourth-order valence-corrected chi connectivity index (χ4v) is 7.89. The Morgan fingerprint density at radius 3 is 2.11 bits per heavy atom. The molecule has 0 saturated heterocycles. The van der Waals surface area contributed by atoms with Gasteiger partial charge in [-0.15, -0.1) is 0 Å². The Kier molecular flexibility index (Phi) is 9.55. The van der Waals surface area contributed by atoms with Crippen molar-refractivity contribution in [2.75, 3.05) is 0 Å². The van der Waals surface area contributed by atoms with Crippen LogP contribution >= 0.6 is 0 Å². The Bertz CT molecular complexity index is 1620. The summed E-state index contributed by atoms with van der Waals surface area (Å²) in [4.78, 5) is 12.8. The number of hydrogen-bond acceptors (Lipinski definition) is 2. The molecule has 3 aliphatic rings. The predicted molar refractivity (Wildman–Crippen MR) is 195 cm³/mol. The highest BCUT2D eigenvalue weighted by Gasteiger charge is 2.47. The number of nitrogens with one attached hydrogen (secondary N) is 1. The molecule has 2 heteroatoms. The second-order valence-corrected chi connectivity index (χ2v) is 14.7.